The number of nitrogens with one attached hydrogen (secondary N) is 2. The highest BCUT2D eigenvalue weighted by Gasteiger charge is 2.47. The zero-order valence-corrected chi connectivity index (χ0v) is 17.5. The lowest BCUT2D eigenvalue weighted by molar-refractivity contribution is 0.0483. The lowest BCUT2D eigenvalue weighted by atomic mass is 10.1. The van der Waals surface area contributed by atoms with Crippen molar-refractivity contribution in [3.05, 3.63) is 53.9 Å². The molecule has 29 heavy (non-hydrogen) atoms. The molecule has 8 nitrogen and oxygen atoms in total. The van der Waals surface area contributed by atoms with E-state index >= 15 is 0 Å². The van der Waals surface area contributed by atoms with Crippen LogP contribution in [0.3, 0.4) is 0 Å². The second-order valence-corrected chi connectivity index (χ2v) is 7.30. The number of rotatable bonds is 4. The first-order valence-corrected chi connectivity index (χ1v) is 9.63. The fourth-order valence-corrected chi connectivity index (χ4v) is 2.45. The van der Waals surface area contributed by atoms with Crippen LogP contribution in [0.2, 0.25) is 0 Å². The van der Waals surface area contributed by atoms with Crippen LogP contribution in [-0.4, -0.2) is 27.6 Å². The zero-order valence-electron chi connectivity index (χ0n) is 17.5. The summed E-state index contributed by atoms with van der Waals surface area (Å²) in [6, 6.07) is 10.1. The van der Waals surface area contributed by atoms with Gasteiger partial charge in [0.2, 0.25) is 0 Å². The van der Waals surface area contributed by atoms with Crippen LogP contribution in [0.5, 0.6) is 6.01 Å². The molecule has 2 N–H and O–H groups in total. The van der Waals surface area contributed by atoms with Gasteiger partial charge in [0.25, 0.3) is 5.91 Å². The predicted octanol–water partition coefficient (Wildman–Crippen LogP) is 3.74. The van der Waals surface area contributed by atoms with E-state index in [1.807, 2.05) is 44.2 Å². The summed E-state index contributed by atoms with van der Waals surface area (Å²) in [7, 11) is 0. The van der Waals surface area contributed by atoms with Gasteiger partial charge in [0.05, 0.1) is 5.56 Å². The van der Waals surface area contributed by atoms with Crippen LogP contribution in [0.15, 0.2) is 42.7 Å². The Bertz CT molecular complexity index is 813. The molecule has 0 bridgehead atoms. The number of nitrogens with zero attached hydrogens (tertiary/aromatic N) is 2. The quantitative estimate of drug-likeness (QED) is 0.758. The van der Waals surface area contributed by atoms with Gasteiger partial charge in [0, 0.05) is 12.4 Å². The van der Waals surface area contributed by atoms with Gasteiger partial charge >= 0.3 is 12.1 Å². The van der Waals surface area contributed by atoms with Gasteiger partial charge in [-0.05, 0) is 39.2 Å². The van der Waals surface area contributed by atoms with E-state index < -0.39 is 17.6 Å². The number of benzene rings is 1. The van der Waals surface area contributed by atoms with Crippen molar-refractivity contribution in [2.75, 3.05) is 0 Å². The third-order valence-electron chi connectivity index (χ3n) is 3.86. The first kappa shape index (κ1) is 22.1. The molecule has 1 saturated carbocycles. The minimum atomic E-state index is -0.754. The van der Waals surface area contributed by atoms with Gasteiger partial charge in [-0.1, -0.05) is 44.2 Å². The van der Waals surface area contributed by atoms with Crippen molar-refractivity contribution in [3.8, 4) is 6.01 Å². The van der Waals surface area contributed by atoms with E-state index in [1.54, 1.807) is 20.8 Å². The molecule has 0 unspecified atom stereocenters. The Morgan fingerprint density at radius 2 is 1.59 bits per heavy atom. The van der Waals surface area contributed by atoms with Gasteiger partial charge in [-0.2, -0.15) is 0 Å². The second kappa shape index (κ2) is 9.36. The minimum Gasteiger partial charge on any atom is -0.452 e. The van der Waals surface area contributed by atoms with E-state index in [9.17, 15) is 9.59 Å². The third-order valence-corrected chi connectivity index (χ3v) is 3.86. The molecule has 1 heterocycles. The van der Waals surface area contributed by atoms with Crippen LogP contribution in [-0.2, 0) is 10.3 Å². The number of ether oxygens (including phenoxy) is 2. The summed E-state index contributed by atoms with van der Waals surface area (Å²) in [6.45, 7) is 9.18. The van der Waals surface area contributed by atoms with Gasteiger partial charge in [0.1, 0.15) is 11.2 Å². The average Bonchev–Trinajstić information content (AvgIpc) is 3.48. The lowest BCUT2D eigenvalue weighted by Gasteiger charge is -2.19. The summed E-state index contributed by atoms with van der Waals surface area (Å²) in [5.41, 5.74) is 4.64. The van der Waals surface area contributed by atoms with Crippen molar-refractivity contribution in [1.82, 2.24) is 20.8 Å². The molecule has 1 aliphatic rings. The van der Waals surface area contributed by atoms with Crippen molar-refractivity contribution < 1.29 is 19.1 Å². The highest BCUT2D eigenvalue weighted by Crippen LogP contribution is 2.48. The SMILES string of the molecule is CC.CC(C)(C)OC(=O)NNC(=O)c1cnc(OC2(c3ccccc3)CC2)nc1. The number of hydrogen-bond acceptors (Lipinski definition) is 6. The number of aromatic nitrogens is 2. The van der Waals surface area contributed by atoms with Gasteiger partial charge in [-0.3, -0.25) is 10.2 Å². The van der Waals surface area contributed by atoms with Gasteiger partial charge < -0.3 is 9.47 Å². The molecule has 156 valence electrons. The summed E-state index contributed by atoms with van der Waals surface area (Å²) in [5.74, 6) is -0.559. The van der Waals surface area contributed by atoms with Crippen LogP contribution in [0.25, 0.3) is 0 Å². The van der Waals surface area contributed by atoms with Crippen molar-refractivity contribution >= 4 is 12.0 Å². The monoisotopic (exact) mass is 400 g/mol. The Morgan fingerprint density at radius 3 is 2.10 bits per heavy atom. The Kier molecular flexibility index (Phi) is 7.14. The number of hydrogen-bond donors (Lipinski definition) is 2. The molecule has 8 heteroatoms. The normalized spacial score (nSPS) is 14.0. The molecule has 0 spiro atoms. The van der Waals surface area contributed by atoms with E-state index in [0.29, 0.717) is 0 Å². The highest BCUT2D eigenvalue weighted by atomic mass is 16.6. The lowest BCUT2D eigenvalue weighted by Crippen LogP contribution is -2.44. The summed E-state index contributed by atoms with van der Waals surface area (Å²) in [4.78, 5) is 31.8. The Balaban J connectivity index is 0.00000145. The van der Waals surface area contributed by atoms with Crippen molar-refractivity contribution in [3.63, 3.8) is 0 Å². The third kappa shape index (κ3) is 6.44. The molecule has 1 aliphatic carbocycles. The summed E-state index contributed by atoms with van der Waals surface area (Å²) in [5, 5.41) is 0. The van der Waals surface area contributed by atoms with Crippen LogP contribution in [0.1, 0.15) is 63.4 Å². The molecule has 0 aliphatic heterocycles. The van der Waals surface area contributed by atoms with Crippen molar-refractivity contribution in [2.24, 2.45) is 0 Å². The first-order chi connectivity index (χ1) is 13.8. The number of hydrazine groups is 1. The maximum absolute atomic E-state index is 12.0. The Hall–Kier alpha value is -3.16. The molecule has 0 saturated heterocycles. The Labute approximate surface area is 171 Å². The maximum Gasteiger partial charge on any atom is 0.426 e. The number of amides is 2. The van der Waals surface area contributed by atoms with Gasteiger partial charge in [0.15, 0.2) is 0 Å². The molecule has 1 aromatic heterocycles. The predicted molar refractivity (Wildman–Crippen MR) is 108 cm³/mol. The zero-order chi connectivity index (χ0) is 21.5. The molecule has 3 rings (SSSR count). The highest BCUT2D eigenvalue weighted by molar-refractivity contribution is 5.94. The molecular formula is C21H28N4O4. The fraction of sp³-hybridized carbons (Fsp3) is 0.429. The average molecular weight is 400 g/mol. The minimum absolute atomic E-state index is 0.183. The topological polar surface area (TPSA) is 102 Å². The standard InChI is InChI=1S/C19H22N4O4.C2H6/c1-18(2,3)27-17(25)23-22-15(24)13-11-20-16(21-12-13)26-19(9-10-19)14-7-5-4-6-8-14;1-2/h4-8,11-12H,9-10H2,1-3H3,(H,22,24)(H,23,25);1-2H3. The van der Waals surface area contributed by atoms with Crippen molar-refractivity contribution in [1.29, 1.82) is 0 Å². The molecule has 0 atom stereocenters. The molecule has 2 aromatic rings. The second-order valence-electron chi connectivity index (χ2n) is 7.30. The van der Waals surface area contributed by atoms with E-state index in [2.05, 4.69) is 20.8 Å². The maximum atomic E-state index is 12.0. The summed E-state index contributed by atoms with van der Waals surface area (Å²) < 4.78 is 11.0. The van der Waals surface area contributed by atoms with Gasteiger partial charge in [-0.15, -0.1) is 0 Å². The summed E-state index contributed by atoms with van der Waals surface area (Å²) >= 11 is 0. The van der Waals surface area contributed by atoms with Gasteiger partial charge in [-0.25, -0.2) is 20.2 Å². The smallest absolute Gasteiger partial charge is 0.426 e. The first-order valence-electron chi connectivity index (χ1n) is 9.63. The molecule has 1 aromatic carbocycles. The fourth-order valence-electron chi connectivity index (χ4n) is 2.45. The molecule has 0 radical (unpaired) electrons. The largest absolute Gasteiger partial charge is 0.452 e. The van der Waals surface area contributed by atoms with E-state index in [4.69, 9.17) is 9.47 Å². The Morgan fingerprint density at radius 1 is 1.00 bits per heavy atom. The van der Waals surface area contributed by atoms with Crippen molar-refractivity contribution in [2.45, 2.75) is 58.7 Å². The van der Waals surface area contributed by atoms with E-state index in [0.717, 1.165) is 18.4 Å². The van der Waals surface area contributed by atoms with Crippen LogP contribution >= 0.6 is 0 Å². The molecule has 1 fully saturated rings. The summed E-state index contributed by atoms with van der Waals surface area (Å²) in [6.07, 6.45) is 3.71. The molecular weight excluding hydrogens is 372 g/mol. The molecule has 2 amide bonds. The van der Waals surface area contributed by atoms with E-state index in [1.165, 1.54) is 12.4 Å². The number of carbonyl (C=O) groups excluding carboxylic acids is 2. The number of carbonyl (C=O) groups is 2. The van der Waals surface area contributed by atoms with Crippen LogP contribution < -0.4 is 15.6 Å². The van der Waals surface area contributed by atoms with E-state index in [-0.39, 0.29) is 17.2 Å². The van der Waals surface area contributed by atoms with Crippen LogP contribution in [0, 0.1) is 0 Å². The van der Waals surface area contributed by atoms with Crippen LogP contribution in [0.4, 0.5) is 4.79 Å².